The average Bonchev–Trinajstić information content (AvgIpc) is 3.20. The Morgan fingerprint density at radius 3 is 2.46 bits per heavy atom. The van der Waals surface area contributed by atoms with Gasteiger partial charge in [-0.25, -0.2) is 0 Å². The maximum Gasteiger partial charge on any atom is 0.253 e. The summed E-state index contributed by atoms with van der Waals surface area (Å²) in [6, 6.07) is 7.97. The van der Waals surface area contributed by atoms with E-state index in [0.717, 1.165) is 50.9 Å². The molecular formula is C22H34ClN3O2. The van der Waals surface area contributed by atoms with Gasteiger partial charge in [0, 0.05) is 25.2 Å². The van der Waals surface area contributed by atoms with Gasteiger partial charge in [-0.1, -0.05) is 32.9 Å². The van der Waals surface area contributed by atoms with Crippen molar-refractivity contribution in [1.82, 2.24) is 15.5 Å². The van der Waals surface area contributed by atoms with E-state index in [4.69, 9.17) is 0 Å². The molecule has 1 aromatic rings. The maximum absolute atomic E-state index is 12.9. The predicted molar refractivity (Wildman–Crippen MR) is 115 cm³/mol. The highest BCUT2D eigenvalue weighted by Gasteiger charge is 2.27. The van der Waals surface area contributed by atoms with Crippen molar-refractivity contribution in [2.45, 2.75) is 57.9 Å². The van der Waals surface area contributed by atoms with Gasteiger partial charge in [-0.15, -0.1) is 12.4 Å². The highest BCUT2D eigenvalue weighted by molar-refractivity contribution is 5.94. The monoisotopic (exact) mass is 407 g/mol. The number of halogens is 1. The van der Waals surface area contributed by atoms with E-state index in [1.54, 1.807) is 0 Å². The molecule has 2 aliphatic rings. The second-order valence-electron chi connectivity index (χ2n) is 8.98. The Kier molecular flexibility index (Phi) is 7.90. The van der Waals surface area contributed by atoms with E-state index < -0.39 is 0 Å². The molecule has 2 heterocycles. The molecule has 0 spiro atoms. The quantitative estimate of drug-likeness (QED) is 0.806. The molecular weight excluding hydrogens is 374 g/mol. The van der Waals surface area contributed by atoms with Gasteiger partial charge in [0.25, 0.3) is 5.91 Å². The van der Waals surface area contributed by atoms with Crippen LogP contribution in [0.2, 0.25) is 0 Å². The van der Waals surface area contributed by atoms with E-state index in [0.29, 0.717) is 12.5 Å². The Morgan fingerprint density at radius 1 is 1.14 bits per heavy atom. The van der Waals surface area contributed by atoms with Crippen molar-refractivity contribution in [1.29, 1.82) is 0 Å². The number of piperidine rings is 1. The molecule has 2 amide bonds. The van der Waals surface area contributed by atoms with Gasteiger partial charge in [0.05, 0.1) is 6.04 Å². The summed E-state index contributed by atoms with van der Waals surface area (Å²) in [5, 5.41) is 6.31. The SMILES string of the molecule is CC(C)(C)c1ccc(C(=O)N2CCCC(CNC(=O)C3CCCN3)C2)cc1.Cl. The zero-order valence-electron chi connectivity index (χ0n) is 17.3. The van der Waals surface area contributed by atoms with Crippen LogP contribution in [0.15, 0.2) is 24.3 Å². The van der Waals surface area contributed by atoms with Gasteiger partial charge < -0.3 is 15.5 Å². The lowest BCUT2D eigenvalue weighted by Gasteiger charge is -2.33. The summed E-state index contributed by atoms with van der Waals surface area (Å²) in [6.07, 6.45) is 4.04. The lowest BCUT2D eigenvalue weighted by atomic mass is 9.86. The molecule has 2 N–H and O–H groups in total. The average molecular weight is 408 g/mol. The number of nitrogens with one attached hydrogen (secondary N) is 2. The van der Waals surface area contributed by atoms with E-state index >= 15 is 0 Å². The Morgan fingerprint density at radius 2 is 1.86 bits per heavy atom. The van der Waals surface area contributed by atoms with Crippen LogP contribution in [0.1, 0.15) is 62.4 Å². The Labute approximate surface area is 175 Å². The summed E-state index contributed by atoms with van der Waals surface area (Å²) in [4.78, 5) is 27.0. The number of amides is 2. The minimum Gasteiger partial charge on any atom is -0.354 e. The lowest BCUT2D eigenvalue weighted by molar-refractivity contribution is -0.123. The molecule has 2 unspecified atom stereocenters. The van der Waals surface area contributed by atoms with Crippen molar-refractivity contribution in [2.75, 3.05) is 26.2 Å². The molecule has 3 rings (SSSR count). The molecule has 2 fully saturated rings. The molecule has 0 saturated carbocycles. The topological polar surface area (TPSA) is 61.4 Å². The van der Waals surface area contributed by atoms with Gasteiger partial charge in [-0.2, -0.15) is 0 Å². The summed E-state index contributed by atoms with van der Waals surface area (Å²) in [7, 11) is 0. The van der Waals surface area contributed by atoms with Crippen LogP contribution in [0.4, 0.5) is 0 Å². The summed E-state index contributed by atoms with van der Waals surface area (Å²) in [5.41, 5.74) is 2.08. The number of rotatable bonds is 4. The second kappa shape index (κ2) is 9.75. The molecule has 0 aliphatic carbocycles. The van der Waals surface area contributed by atoms with E-state index in [1.807, 2.05) is 17.0 Å². The third-order valence-electron chi connectivity index (χ3n) is 5.75. The number of benzene rings is 1. The van der Waals surface area contributed by atoms with Gasteiger partial charge >= 0.3 is 0 Å². The third-order valence-corrected chi connectivity index (χ3v) is 5.75. The summed E-state index contributed by atoms with van der Waals surface area (Å²) in [5.74, 6) is 0.541. The number of nitrogens with zero attached hydrogens (tertiary/aromatic N) is 1. The minimum atomic E-state index is -0.0346. The Bertz CT molecular complexity index is 663. The molecule has 0 radical (unpaired) electrons. The van der Waals surface area contributed by atoms with Crippen LogP contribution in [-0.4, -0.2) is 48.9 Å². The van der Waals surface area contributed by atoms with Gasteiger partial charge in [0.1, 0.15) is 0 Å². The minimum absolute atomic E-state index is 0. The molecule has 5 nitrogen and oxygen atoms in total. The van der Waals surface area contributed by atoms with Crippen LogP contribution < -0.4 is 10.6 Å². The largest absolute Gasteiger partial charge is 0.354 e. The third kappa shape index (κ3) is 5.71. The number of carbonyl (C=O) groups excluding carboxylic acids is 2. The van der Waals surface area contributed by atoms with Crippen LogP contribution in [-0.2, 0) is 10.2 Å². The maximum atomic E-state index is 12.9. The predicted octanol–water partition coefficient (Wildman–Crippen LogP) is 3.13. The number of likely N-dealkylation sites (tertiary alicyclic amines) is 1. The summed E-state index contributed by atoms with van der Waals surface area (Å²) >= 11 is 0. The number of carbonyl (C=O) groups is 2. The van der Waals surface area contributed by atoms with E-state index in [1.165, 1.54) is 5.56 Å². The Balaban J connectivity index is 0.00000280. The van der Waals surface area contributed by atoms with E-state index in [9.17, 15) is 9.59 Å². The smallest absolute Gasteiger partial charge is 0.253 e. The van der Waals surface area contributed by atoms with Gasteiger partial charge in [-0.05, 0) is 61.3 Å². The highest BCUT2D eigenvalue weighted by Crippen LogP contribution is 2.23. The zero-order chi connectivity index (χ0) is 19.4. The standard InChI is InChI=1S/C22H33N3O2.ClH/c1-22(2,3)18-10-8-17(9-11-18)21(27)25-13-5-6-16(15-25)14-24-20(26)19-7-4-12-23-19;/h8-11,16,19,23H,4-7,12-15H2,1-3H3,(H,24,26);1H. The number of hydrogen-bond donors (Lipinski definition) is 2. The first kappa shape index (κ1) is 22.7. The first-order valence-electron chi connectivity index (χ1n) is 10.3. The van der Waals surface area contributed by atoms with Gasteiger partial charge in [0.2, 0.25) is 5.91 Å². The van der Waals surface area contributed by atoms with Crippen LogP contribution in [0, 0.1) is 5.92 Å². The molecule has 1 aromatic carbocycles. The van der Waals surface area contributed by atoms with Gasteiger partial charge in [0.15, 0.2) is 0 Å². The van der Waals surface area contributed by atoms with Crippen molar-refractivity contribution < 1.29 is 9.59 Å². The first-order chi connectivity index (χ1) is 12.8. The van der Waals surface area contributed by atoms with Crippen molar-refractivity contribution in [3.63, 3.8) is 0 Å². The normalized spacial score (nSPS) is 22.5. The molecule has 0 bridgehead atoms. The van der Waals surface area contributed by atoms with Crippen LogP contribution in [0.5, 0.6) is 0 Å². The van der Waals surface area contributed by atoms with Gasteiger partial charge in [-0.3, -0.25) is 9.59 Å². The number of hydrogen-bond acceptors (Lipinski definition) is 3. The fourth-order valence-corrected chi connectivity index (χ4v) is 3.99. The van der Waals surface area contributed by atoms with Crippen molar-refractivity contribution in [3.05, 3.63) is 35.4 Å². The van der Waals surface area contributed by atoms with Crippen molar-refractivity contribution >= 4 is 24.2 Å². The van der Waals surface area contributed by atoms with Crippen LogP contribution in [0.3, 0.4) is 0 Å². The highest BCUT2D eigenvalue weighted by atomic mass is 35.5. The second-order valence-corrected chi connectivity index (χ2v) is 8.98. The van der Waals surface area contributed by atoms with Crippen LogP contribution in [0.25, 0.3) is 0 Å². The van der Waals surface area contributed by atoms with E-state index in [2.05, 4.69) is 43.5 Å². The molecule has 2 atom stereocenters. The first-order valence-corrected chi connectivity index (χ1v) is 10.3. The van der Waals surface area contributed by atoms with Crippen molar-refractivity contribution in [3.8, 4) is 0 Å². The fourth-order valence-electron chi connectivity index (χ4n) is 3.99. The molecule has 6 heteroatoms. The van der Waals surface area contributed by atoms with Crippen molar-refractivity contribution in [2.24, 2.45) is 5.92 Å². The lowest BCUT2D eigenvalue weighted by Crippen LogP contribution is -2.46. The van der Waals surface area contributed by atoms with Crippen LogP contribution >= 0.6 is 12.4 Å². The molecule has 2 saturated heterocycles. The van der Waals surface area contributed by atoms with E-state index in [-0.39, 0.29) is 35.7 Å². The molecule has 0 aromatic heterocycles. The molecule has 2 aliphatic heterocycles. The summed E-state index contributed by atoms with van der Waals surface area (Å²) < 4.78 is 0. The Hall–Kier alpha value is -1.59. The molecule has 28 heavy (non-hydrogen) atoms. The molecule has 156 valence electrons. The fraction of sp³-hybridized carbons (Fsp3) is 0.636. The summed E-state index contributed by atoms with van der Waals surface area (Å²) in [6.45, 7) is 9.63. The zero-order valence-corrected chi connectivity index (χ0v) is 18.1.